The maximum absolute atomic E-state index is 5.73. The van der Waals surface area contributed by atoms with Crippen LogP contribution in [0, 0.1) is 0 Å². The van der Waals surface area contributed by atoms with Gasteiger partial charge in [-0.25, -0.2) is 0 Å². The number of aromatic nitrogens is 2. The average molecular weight is 391 g/mol. The van der Waals surface area contributed by atoms with E-state index in [1.165, 1.54) is 10.8 Å². The van der Waals surface area contributed by atoms with Crippen molar-refractivity contribution in [2.45, 2.75) is 6.42 Å². The number of rotatable bonds is 4. The molecule has 1 aromatic heterocycles. The molecule has 4 rings (SSSR count). The van der Waals surface area contributed by atoms with Crippen LogP contribution < -0.4 is 0 Å². The van der Waals surface area contributed by atoms with Crippen molar-refractivity contribution in [2.75, 3.05) is 0 Å². The lowest BCUT2D eigenvalue weighted by molar-refractivity contribution is 0.496. The summed E-state index contributed by atoms with van der Waals surface area (Å²) in [6, 6.07) is 22.6. The molecule has 0 bridgehead atoms. The normalized spacial score (nSPS) is 11.4. The molecule has 4 heteroatoms. The van der Waals surface area contributed by atoms with E-state index >= 15 is 0 Å². The van der Waals surface area contributed by atoms with Crippen molar-refractivity contribution >= 4 is 38.9 Å². The Morgan fingerprint density at radius 1 is 0.840 bits per heavy atom. The first-order valence-electron chi connectivity index (χ1n) is 8.00. The number of fused-ring (bicyclic) bond motifs is 1. The maximum atomic E-state index is 5.73. The Hall–Kier alpha value is -2.72. The number of nitrogens with zero attached hydrogens (tertiary/aromatic N) is 2. The van der Waals surface area contributed by atoms with Crippen molar-refractivity contribution in [3.63, 3.8) is 0 Å². The van der Waals surface area contributed by atoms with Crippen LogP contribution in [-0.2, 0) is 6.42 Å². The van der Waals surface area contributed by atoms with Gasteiger partial charge in [-0.1, -0.05) is 70.5 Å². The van der Waals surface area contributed by atoms with Crippen LogP contribution in [0.2, 0.25) is 0 Å². The first-order chi connectivity index (χ1) is 12.3. The summed E-state index contributed by atoms with van der Waals surface area (Å²) in [6.45, 7) is 0. The van der Waals surface area contributed by atoms with Crippen molar-refractivity contribution in [3.8, 4) is 0 Å². The Morgan fingerprint density at radius 2 is 1.64 bits per heavy atom. The summed E-state index contributed by atoms with van der Waals surface area (Å²) in [7, 11) is 0. The fourth-order valence-electron chi connectivity index (χ4n) is 2.74. The van der Waals surface area contributed by atoms with Crippen molar-refractivity contribution in [1.82, 2.24) is 10.2 Å². The van der Waals surface area contributed by atoms with Crippen LogP contribution in [0.1, 0.15) is 22.9 Å². The van der Waals surface area contributed by atoms with Gasteiger partial charge in [-0.3, -0.25) is 0 Å². The third-order valence-corrected chi connectivity index (χ3v) is 4.51. The third kappa shape index (κ3) is 3.69. The largest absolute Gasteiger partial charge is 0.421 e. The minimum atomic E-state index is 0.514. The molecule has 0 saturated heterocycles. The van der Waals surface area contributed by atoms with E-state index in [0.717, 1.165) is 15.6 Å². The molecule has 0 aliphatic heterocycles. The molecular formula is C21H15BrN2O. The van der Waals surface area contributed by atoms with E-state index in [1.54, 1.807) is 0 Å². The van der Waals surface area contributed by atoms with Gasteiger partial charge in [0.05, 0.1) is 6.42 Å². The molecular weight excluding hydrogens is 376 g/mol. The Morgan fingerprint density at radius 3 is 2.52 bits per heavy atom. The monoisotopic (exact) mass is 390 g/mol. The van der Waals surface area contributed by atoms with Crippen LogP contribution in [-0.4, -0.2) is 10.2 Å². The van der Waals surface area contributed by atoms with Crippen LogP contribution in [0.3, 0.4) is 0 Å². The van der Waals surface area contributed by atoms with Gasteiger partial charge in [-0.05, 0) is 40.1 Å². The number of hydrogen-bond donors (Lipinski definition) is 0. The summed E-state index contributed by atoms with van der Waals surface area (Å²) in [4.78, 5) is 0. The molecule has 0 amide bonds. The maximum Gasteiger partial charge on any atom is 0.240 e. The predicted octanol–water partition coefficient (Wildman–Crippen LogP) is 5.75. The average Bonchev–Trinajstić information content (AvgIpc) is 3.09. The zero-order valence-electron chi connectivity index (χ0n) is 13.4. The Bertz CT molecular complexity index is 1030. The summed E-state index contributed by atoms with van der Waals surface area (Å²) in [5, 5.41) is 10.7. The number of halogens is 1. The fraction of sp³-hybridized carbons (Fsp3) is 0.0476. The summed E-state index contributed by atoms with van der Waals surface area (Å²) in [5.74, 6) is 1.12. The first-order valence-corrected chi connectivity index (χ1v) is 8.80. The van der Waals surface area contributed by atoms with E-state index in [9.17, 15) is 0 Å². The summed E-state index contributed by atoms with van der Waals surface area (Å²) in [6.07, 6.45) is 4.50. The lowest BCUT2D eigenvalue weighted by Gasteiger charge is -2.00. The molecule has 0 atom stereocenters. The minimum absolute atomic E-state index is 0.514. The van der Waals surface area contributed by atoms with Crippen LogP contribution in [0.5, 0.6) is 0 Å². The van der Waals surface area contributed by atoms with E-state index in [2.05, 4.69) is 56.5 Å². The van der Waals surface area contributed by atoms with Gasteiger partial charge in [-0.15, -0.1) is 10.2 Å². The molecule has 3 nitrogen and oxygen atoms in total. The molecule has 0 aliphatic carbocycles. The van der Waals surface area contributed by atoms with Gasteiger partial charge in [0, 0.05) is 10.5 Å². The molecule has 1 heterocycles. The predicted molar refractivity (Wildman–Crippen MR) is 104 cm³/mol. The molecule has 3 aromatic carbocycles. The molecule has 0 unspecified atom stereocenters. The Labute approximate surface area is 154 Å². The van der Waals surface area contributed by atoms with Crippen LogP contribution in [0.4, 0.5) is 0 Å². The van der Waals surface area contributed by atoms with E-state index in [-0.39, 0.29) is 0 Å². The third-order valence-electron chi connectivity index (χ3n) is 3.98. The minimum Gasteiger partial charge on any atom is -0.421 e. The van der Waals surface area contributed by atoms with Crippen molar-refractivity contribution in [2.24, 2.45) is 0 Å². The van der Waals surface area contributed by atoms with E-state index < -0.39 is 0 Å². The zero-order chi connectivity index (χ0) is 17.1. The molecule has 0 radical (unpaired) electrons. The van der Waals surface area contributed by atoms with Crippen molar-refractivity contribution < 1.29 is 4.42 Å². The van der Waals surface area contributed by atoms with Gasteiger partial charge in [0.25, 0.3) is 0 Å². The second kappa shape index (κ2) is 7.03. The molecule has 0 saturated carbocycles. The van der Waals surface area contributed by atoms with Gasteiger partial charge in [0.15, 0.2) is 0 Å². The van der Waals surface area contributed by atoms with Crippen LogP contribution >= 0.6 is 15.9 Å². The summed E-state index contributed by atoms with van der Waals surface area (Å²) in [5.41, 5.74) is 2.27. The van der Waals surface area contributed by atoms with E-state index in [1.807, 2.05) is 48.6 Å². The molecule has 0 aliphatic rings. The molecule has 0 fully saturated rings. The lowest BCUT2D eigenvalue weighted by atomic mass is 10.0. The van der Waals surface area contributed by atoms with Crippen molar-refractivity contribution in [3.05, 3.63) is 94.1 Å². The fourth-order valence-corrected chi connectivity index (χ4v) is 3.00. The van der Waals surface area contributed by atoms with Gasteiger partial charge in [-0.2, -0.15) is 0 Å². The SMILES string of the molecule is Brc1ccc(Cc2nnc(/C=C/c3cccc4ccccc34)o2)cc1. The standard InChI is InChI=1S/C21H15BrN2O/c22-18-11-8-15(9-12-18)14-21-24-23-20(25-21)13-10-17-6-3-5-16-4-1-2-7-19(16)17/h1-13H,14H2/b13-10+. The second-order valence-corrected chi connectivity index (χ2v) is 6.65. The van der Waals surface area contributed by atoms with Gasteiger partial charge >= 0.3 is 0 Å². The zero-order valence-corrected chi connectivity index (χ0v) is 15.0. The molecule has 0 N–H and O–H groups in total. The quantitative estimate of drug-likeness (QED) is 0.445. The first kappa shape index (κ1) is 15.8. The highest BCUT2D eigenvalue weighted by Crippen LogP contribution is 2.20. The van der Waals surface area contributed by atoms with Crippen LogP contribution in [0.15, 0.2) is 75.6 Å². The highest BCUT2D eigenvalue weighted by atomic mass is 79.9. The smallest absolute Gasteiger partial charge is 0.240 e. The van der Waals surface area contributed by atoms with Gasteiger partial charge in [0.1, 0.15) is 0 Å². The molecule has 4 aromatic rings. The summed E-state index contributed by atoms with van der Waals surface area (Å²) >= 11 is 3.43. The molecule has 0 spiro atoms. The van der Waals surface area contributed by atoms with E-state index in [0.29, 0.717) is 18.2 Å². The Balaban J connectivity index is 1.54. The number of benzene rings is 3. The summed E-state index contributed by atoms with van der Waals surface area (Å²) < 4.78 is 6.79. The molecule has 25 heavy (non-hydrogen) atoms. The topological polar surface area (TPSA) is 38.9 Å². The number of hydrogen-bond acceptors (Lipinski definition) is 3. The van der Waals surface area contributed by atoms with Gasteiger partial charge < -0.3 is 4.42 Å². The lowest BCUT2D eigenvalue weighted by Crippen LogP contribution is -1.87. The highest BCUT2D eigenvalue weighted by molar-refractivity contribution is 9.10. The Kier molecular flexibility index (Phi) is 4.44. The molecule has 122 valence electrons. The van der Waals surface area contributed by atoms with Crippen LogP contribution in [0.25, 0.3) is 22.9 Å². The van der Waals surface area contributed by atoms with E-state index in [4.69, 9.17) is 4.42 Å². The second-order valence-electron chi connectivity index (χ2n) is 5.74. The van der Waals surface area contributed by atoms with Gasteiger partial charge in [0.2, 0.25) is 11.8 Å². The highest BCUT2D eigenvalue weighted by Gasteiger charge is 2.05. The van der Waals surface area contributed by atoms with Crippen molar-refractivity contribution in [1.29, 1.82) is 0 Å².